The van der Waals surface area contributed by atoms with E-state index in [1.165, 1.54) is 0 Å². The van der Waals surface area contributed by atoms with Crippen LogP contribution in [0.5, 0.6) is 5.75 Å². The van der Waals surface area contributed by atoms with E-state index >= 15 is 0 Å². The molecule has 2 amide bonds. The quantitative estimate of drug-likeness (QED) is 0.731. The average Bonchev–Trinajstić information content (AvgIpc) is 2.96. The van der Waals surface area contributed by atoms with Gasteiger partial charge in [0.15, 0.2) is 5.69 Å². The zero-order valence-corrected chi connectivity index (χ0v) is 15.4. The summed E-state index contributed by atoms with van der Waals surface area (Å²) in [5.41, 5.74) is 7.02. The molecule has 1 atom stereocenters. The number of nitrogens with one attached hydrogen (secondary N) is 2. The number of anilines is 1. The molecule has 0 unspecified atom stereocenters. The number of ether oxygens (including phenoxy) is 1. The van der Waals surface area contributed by atoms with Crippen molar-refractivity contribution in [2.45, 2.75) is 32.9 Å². The van der Waals surface area contributed by atoms with E-state index in [-0.39, 0.29) is 40.2 Å². The van der Waals surface area contributed by atoms with Crippen LogP contribution >= 0.6 is 11.5 Å². The SMILES string of the molecule is COc1cccc([C@H](C)NC(=O)c2snc(C(=O)NC(C)C)c2N)c1. The molecule has 1 aromatic heterocycles. The van der Waals surface area contributed by atoms with E-state index in [1.54, 1.807) is 7.11 Å². The lowest BCUT2D eigenvalue weighted by Gasteiger charge is -2.14. The van der Waals surface area contributed by atoms with Crippen LogP contribution in [0.15, 0.2) is 24.3 Å². The van der Waals surface area contributed by atoms with Gasteiger partial charge in [-0.1, -0.05) is 12.1 Å². The van der Waals surface area contributed by atoms with E-state index in [0.717, 1.165) is 17.1 Å². The number of hydrogen-bond donors (Lipinski definition) is 3. The lowest BCUT2D eigenvalue weighted by atomic mass is 10.1. The standard InChI is InChI=1S/C17H22N4O3S/c1-9(2)19-16(22)14-13(18)15(25-21-14)17(23)20-10(3)11-6-5-7-12(8-11)24-4/h5-10H,18H2,1-4H3,(H,19,22)(H,20,23)/t10-/m0/s1. The van der Waals surface area contributed by atoms with Gasteiger partial charge >= 0.3 is 0 Å². The monoisotopic (exact) mass is 362 g/mol. The molecule has 134 valence electrons. The highest BCUT2D eigenvalue weighted by Gasteiger charge is 2.23. The first-order valence-electron chi connectivity index (χ1n) is 7.84. The van der Waals surface area contributed by atoms with Crippen molar-refractivity contribution >= 4 is 29.0 Å². The van der Waals surface area contributed by atoms with Crippen LogP contribution in [0.3, 0.4) is 0 Å². The summed E-state index contributed by atoms with van der Waals surface area (Å²) < 4.78 is 9.21. The molecular weight excluding hydrogens is 340 g/mol. The maximum absolute atomic E-state index is 12.5. The number of carbonyl (C=O) groups excluding carboxylic acids is 2. The molecule has 0 aliphatic heterocycles. The van der Waals surface area contributed by atoms with E-state index in [4.69, 9.17) is 10.5 Å². The Labute approximate surface area is 150 Å². The van der Waals surface area contributed by atoms with E-state index in [9.17, 15) is 9.59 Å². The van der Waals surface area contributed by atoms with Gasteiger partial charge in [-0.2, -0.15) is 4.37 Å². The largest absolute Gasteiger partial charge is 0.497 e. The molecule has 0 saturated heterocycles. The molecule has 2 rings (SSSR count). The van der Waals surface area contributed by atoms with Crippen LogP contribution in [0.25, 0.3) is 0 Å². The number of nitrogens with zero attached hydrogens (tertiary/aromatic N) is 1. The van der Waals surface area contributed by atoms with Crippen molar-refractivity contribution in [1.29, 1.82) is 0 Å². The van der Waals surface area contributed by atoms with Gasteiger partial charge in [0.25, 0.3) is 11.8 Å². The fraction of sp³-hybridized carbons (Fsp3) is 0.353. The lowest BCUT2D eigenvalue weighted by molar-refractivity contribution is 0.0938. The number of nitrogens with two attached hydrogens (primary N) is 1. The molecule has 4 N–H and O–H groups in total. The molecule has 8 heteroatoms. The highest BCUT2D eigenvalue weighted by Crippen LogP contribution is 2.24. The second kappa shape index (κ2) is 7.98. The highest BCUT2D eigenvalue weighted by molar-refractivity contribution is 7.09. The topological polar surface area (TPSA) is 106 Å². The van der Waals surface area contributed by atoms with Gasteiger partial charge in [-0.3, -0.25) is 9.59 Å². The van der Waals surface area contributed by atoms with Crippen LogP contribution in [0.1, 0.15) is 52.5 Å². The number of amides is 2. The summed E-state index contributed by atoms with van der Waals surface area (Å²) in [5.74, 6) is -0.0406. The van der Waals surface area contributed by atoms with Gasteiger partial charge in [0.1, 0.15) is 10.6 Å². The first kappa shape index (κ1) is 18.7. The summed E-state index contributed by atoms with van der Waals surface area (Å²) in [6, 6.07) is 7.13. The third-order valence-corrected chi connectivity index (χ3v) is 4.37. The Morgan fingerprint density at radius 1 is 1.20 bits per heavy atom. The molecule has 0 spiro atoms. The average molecular weight is 362 g/mol. The van der Waals surface area contributed by atoms with E-state index in [2.05, 4.69) is 15.0 Å². The van der Waals surface area contributed by atoms with Gasteiger partial charge in [-0.25, -0.2) is 0 Å². The summed E-state index contributed by atoms with van der Waals surface area (Å²) in [7, 11) is 1.59. The fourth-order valence-electron chi connectivity index (χ4n) is 2.21. The Balaban J connectivity index is 2.13. The number of methoxy groups -OCH3 is 1. The van der Waals surface area contributed by atoms with E-state index in [1.807, 2.05) is 45.0 Å². The number of hydrogen-bond acceptors (Lipinski definition) is 6. The van der Waals surface area contributed by atoms with Crippen molar-refractivity contribution < 1.29 is 14.3 Å². The first-order valence-corrected chi connectivity index (χ1v) is 8.61. The number of benzene rings is 1. The van der Waals surface area contributed by atoms with Crippen LogP contribution in [-0.2, 0) is 0 Å². The molecule has 1 aromatic carbocycles. The normalized spacial score (nSPS) is 11.9. The maximum atomic E-state index is 12.5. The second-order valence-corrected chi connectivity index (χ2v) is 6.65. The zero-order valence-electron chi connectivity index (χ0n) is 14.6. The van der Waals surface area contributed by atoms with Crippen molar-refractivity contribution in [1.82, 2.24) is 15.0 Å². The summed E-state index contributed by atoms with van der Waals surface area (Å²) in [6.07, 6.45) is 0. The van der Waals surface area contributed by atoms with E-state index in [0.29, 0.717) is 5.75 Å². The van der Waals surface area contributed by atoms with Gasteiger partial charge in [-0.05, 0) is 50.0 Å². The lowest BCUT2D eigenvalue weighted by Crippen LogP contribution is -2.31. The van der Waals surface area contributed by atoms with E-state index < -0.39 is 0 Å². The molecule has 25 heavy (non-hydrogen) atoms. The van der Waals surface area contributed by atoms with Crippen LogP contribution < -0.4 is 21.1 Å². The Kier molecular flexibility index (Phi) is 5.97. The third kappa shape index (κ3) is 4.48. The highest BCUT2D eigenvalue weighted by atomic mass is 32.1. The second-order valence-electron chi connectivity index (χ2n) is 5.87. The van der Waals surface area contributed by atoms with Crippen molar-refractivity contribution in [3.8, 4) is 5.75 Å². The van der Waals surface area contributed by atoms with Crippen LogP contribution in [-0.4, -0.2) is 29.3 Å². The summed E-state index contributed by atoms with van der Waals surface area (Å²) in [4.78, 5) is 24.7. The molecular formula is C17H22N4O3S. The van der Waals surface area contributed by atoms with Crippen molar-refractivity contribution in [3.63, 3.8) is 0 Å². The molecule has 0 fully saturated rings. The minimum absolute atomic E-state index is 0.0426. The molecule has 7 nitrogen and oxygen atoms in total. The smallest absolute Gasteiger partial charge is 0.273 e. The molecule has 0 bridgehead atoms. The number of nitrogen functional groups attached to an aromatic ring is 1. The van der Waals surface area contributed by atoms with Gasteiger partial charge in [0, 0.05) is 6.04 Å². The van der Waals surface area contributed by atoms with Crippen molar-refractivity contribution in [2.75, 3.05) is 12.8 Å². The predicted octanol–water partition coefficient (Wildman–Crippen LogP) is 2.36. The number of aromatic nitrogens is 1. The fourth-order valence-corrected chi connectivity index (χ4v) is 2.91. The molecule has 0 aliphatic carbocycles. The maximum Gasteiger partial charge on any atom is 0.273 e. The Morgan fingerprint density at radius 3 is 2.56 bits per heavy atom. The van der Waals surface area contributed by atoms with Gasteiger partial charge in [0.2, 0.25) is 0 Å². The summed E-state index contributed by atoms with van der Waals surface area (Å²) in [5, 5.41) is 5.57. The molecule has 1 heterocycles. The minimum atomic E-state index is -0.386. The Bertz CT molecular complexity index is 773. The Hall–Kier alpha value is -2.61. The van der Waals surface area contributed by atoms with Crippen molar-refractivity contribution in [2.24, 2.45) is 0 Å². The molecule has 0 saturated carbocycles. The zero-order chi connectivity index (χ0) is 18.6. The van der Waals surface area contributed by atoms with Gasteiger partial charge < -0.3 is 21.1 Å². The summed E-state index contributed by atoms with van der Waals surface area (Å²) in [6.45, 7) is 5.53. The third-order valence-electron chi connectivity index (χ3n) is 3.51. The van der Waals surface area contributed by atoms with Crippen LogP contribution in [0, 0.1) is 0 Å². The minimum Gasteiger partial charge on any atom is -0.497 e. The number of rotatable bonds is 6. The first-order chi connectivity index (χ1) is 11.8. The van der Waals surface area contributed by atoms with Crippen LogP contribution in [0.2, 0.25) is 0 Å². The van der Waals surface area contributed by atoms with Crippen LogP contribution in [0.4, 0.5) is 5.69 Å². The van der Waals surface area contributed by atoms with Gasteiger partial charge in [-0.15, -0.1) is 0 Å². The molecule has 2 aromatic rings. The number of carbonyl (C=O) groups is 2. The summed E-state index contributed by atoms with van der Waals surface area (Å²) >= 11 is 0.912. The molecule has 0 radical (unpaired) electrons. The predicted molar refractivity (Wildman–Crippen MR) is 98.0 cm³/mol. The Morgan fingerprint density at radius 2 is 1.92 bits per heavy atom. The van der Waals surface area contributed by atoms with Crippen molar-refractivity contribution in [3.05, 3.63) is 40.4 Å². The van der Waals surface area contributed by atoms with Gasteiger partial charge in [0.05, 0.1) is 18.8 Å². The molecule has 0 aliphatic rings.